The smallest absolute Gasteiger partial charge is 0.126 e. The zero-order valence-electron chi connectivity index (χ0n) is 22.0. The number of fused-ring (bicyclic) bond motifs is 5. The summed E-state index contributed by atoms with van der Waals surface area (Å²) in [6.07, 6.45) is 13.9. The van der Waals surface area contributed by atoms with Crippen molar-refractivity contribution < 1.29 is 9.84 Å². The fraction of sp³-hybridized carbons (Fsp3) is 0.800. The van der Waals surface area contributed by atoms with Crippen LogP contribution in [0.5, 0.6) is 0 Å². The Morgan fingerprint density at radius 3 is 2.66 bits per heavy atom. The molecule has 0 amide bonds. The van der Waals surface area contributed by atoms with Crippen LogP contribution < -0.4 is 5.32 Å². The summed E-state index contributed by atoms with van der Waals surface area (Å²) in [7, 11) is 0. The third-order valence-electron chi connectivity index (χ3n) is 10.9. The van der Waals surface area contributed by atoms with Gasteiger partial charge in [0, 0.05) is 18.8 Å². The van der Waals surface area contributed by atoms with Crippen LogP contribution in [0, 0.1) is 52.3 Å². The molecular formula is C30H45N3O2. The second-order valence-corrected chi connectivity index (χ2v) is 12.5. The molecule has 192 valence electrons. The number of nitrogens with one attached hydrogen (secondary N) is 1. The van der Waals surface area contributed by atoms with E-state index in [1.807, 2.05) is 19.1 Å². The van der Waals surface area contributed by atoms with Crippen molar-refractivity contribution in [2.24, 2.45) is 40.9 Å². The number of rotatable bonds is 7. The molecule has 9 atom stereocenters. The van der Waals surface area contributed by atoms with E-state index < -0.39 is 5.60 Å². The summed E-state index contributed by atoms with van der Waals surface area (Å²) in [6, 6.07) is 6.43. The Morgan fingerprint density at radius 1 is 1.11 bits per heavy atom. The lowest BCUT2D eigenvalue weighted by atomic mass is 9.48. The van der Waals surface area contributed by atoms with Crippen molar-refractivity contribution in [2.75, 3.05) is 18.5 Å². The first kappa shape index (κ1) is 25.0. The van der Waals surface area contributed by atoms with Crippen LogP contribution in [-0.4, -0.2) is 34.9 Å². The fourth-order valence-corrected chi connectivity index (χ4v) is 9.31. The van der Waals surface area contributed by atoms with Gasteiger partial charge < -0.3 is 15.2 Å². The molecule has 0 radical (unpaired) electrons. The molecule has 4 aliphatic rings. The van der Waals surface area contributed by atoms with Gasteiger partial charge in [-0.3, -0.25) is 0 Å². The molecule has 4 saturated carbocycles. The molecule has 0 aliphatic heterocycles. The largest absolute Gasteiger partial charge is 0.387 e. The van der Waals surface area contributed by atoms with Crippen LogP contribution in [0.15, 0.2) is 18.3 Å². The molecule has 0 aromatic carbocycles. The van der Waals surface area contributed by atoms with Crippen molar-refractivity contribution in [1.29, 1.82) is 5.26 Å². The van der Waals surface area contributed by atoms with E-state index >= 15 is 0 Å². The van der Waals surface area contributed by atoms with Crippen LogP contribution in [0.2, 0.25) is 0 Å². The first-order valence-corrected chi connectivity index (χ1v) is 14.3. The Balaban J connectivity index is 1.27. The van der Waals surface area contributed by atoms with Gasteiger partial charge in [0.25, 0.3) is 0 Å². The van der Waals surface area contributed by atoms with E-state index in [-0.39, 0.29) is 0 Å². The van der Waals surface area contributed by atoms with Crippen molar-refractivity contribution in [1.82, 2.24) is 4.98 Å². The number of nitriles is 1. The number of anilines is 1. The number of hydrogen-bond donors (Lipinski definition) is 2. The third kappa shape index (κ3) is 4.62. The second-order valence-electron chi connectivity index (χ2n) is 12.5. The van der Waals surface area contributed by atoms with Crippen molar-refractivity contribution in [2.45, 2.75) is 96.6 Å². The minimum atomic E-state index is -0.592. The zero-order valence-corrected chi connectivity index (χ0v) is 22.0. The summed E-state index contributed by atoms with van der Waals surface area (Å²) in [5.41, 5.74) is 0.425. The van der Waals surface area contributed by atoms with Gasteiger partial charge in [-0.2, -0.15) is 5.26 Å². The molecule has 5 rings (SSSR count). The molecule has 0 saturated heterocycles. The number of pyridine rings is 1. The highest BCUT2D eigenvalue weighted by atomic mass is 16.5. The summed E-state index contributed by atoms with van der Waals surface area (Å²) in [5, 5.41) is 24.0. The Bertz CT molecular complexity index is 913. The minimum absolute atomic E-state index is 0.401. The van der Waals surface area contributed by atoms with Gasteiger partial charge in [0.1, 0.15) is 11.9 Å². The molecule has 4 fully saturated rings. The third-order valence-corrected chi connectivity index (χ3v) is 10.9. The predicted molar refractivity (Wildman–Crippen MR) is 139 cm³/mol. The zero-order chi connectivity index (χ0) is 24.6. The number of aliphatic hydroxyl groups is 1. The molecule has 1 aromatic heterocycles. The average molecular weight is 480 g/mol. The van der Waals surface area contributed by atoms with Crippen LogP contribution in [0.25, 0.3) is 0 Å². The summed E-state index contributed by atoms with van der Waals surface area (Å²) in [5.74, 6) is 5.63. The SMILES string of the molecule is CCOC[C@@]1(O)CC[C@H]2[C@H](CC[C@@H]3[C@@H]2CC[C@]2(C)[C@@H]([C@@H](CC)Nc4ccc(C#N)cn4)CC[C@@H]32)C1. The maximum absolute atomic E-state index is 11.1. The van der Waals surface area contributed by atoms with E-state index in [0.717, 1.165) is 48.8 Å². The van der Waals surface area contributed by atoms with E-state index in [1.54, 1.807) is 6.20 Å². The van der Waals surface area contributed by atoms with Gasteiger partial charge in [0.2, 0.25) is 0 Å². The van der Waals surface area contributed by atoms with Crippen LogP contribution in [-0.2, 0) is 4.74 Å². The molecule has 1 heterocycles. The molecule has 0 bridgehead atoms. The van der Waals surface area contributed by atoms with Crippen molar-refractivity contribution in [3.8, 4) is 6.07 Å². The van der Waals surface area contributed by atoms with Gasteiger partial charge in [-0.1, -0.05) is 13.8 Å². The topological polar surface area (TPSA) is 78.2 Å². The molecule has 5 nitrogen and oxygen atoms in total. The van der Waals surface area contributed by atoms with Crippen LogP contribution in [0.4, 0.5) is 5.82 Å². The number of aromatic nitrogens is 1. The maximum Gasteiger partial charge on any atom is 0.126 e. The first-order chi connectivity index (χ1) is 16.9. The summed E-state index contributed by atoms with van der Waals surface area (Å²) in [6.45, 7) is 8.14. The van der Waals surface area contributed by atoms with Crippen LogP contribution in [0.1, 0.15) is 90.5 Å². The first-order valence-electron chi connectivity index (χ1n) is 14.3. The molecule has 4 aliphatic carbocycles. The summed E-state index contributed by atoms with van der Waals surface area (Å²) < 4.78 is 5.66. The van der Waals surface area contributed by atoms with Crippen molar-refractivity contribution >= 4 is 5.82 Å². The van der Waals surface area contributed by atoms with Gasteiger partial charge in [-0.25, -0.2) is 4.98 Å². The number of nitrogens with zero attached hydrogens (tertiary/aromatic N) is 2. The lowest BCUT2D eigenvalue weighted by Crippen LogP contribution is -2.53. The summed E-state index contributed by atoms with van der Waals surface area (Å²) in [4.78, 5) is 4.51. The van der Waals surface area contributed by atoms with Crippen molar-refractivity contribution in [3.63, 3.8) is 0 Å². The van der Waals surface area contributed by atoms with E-state index in [2.05, 4.69) is 30.2 Å². The predicted octanol–water partition coefficient (Wildman–Crippen LogP) is 6.18. The minimum Gasteiger partial charge on any atom is -0.387 e. The van der Waals surface area contributed by atoms with Crippen LogP contribution in [0.3, 0.4) is 0 Å². The van der Waals surface area contributed by atoms with Crippen LogP contribution >= 0.6 is 0 Å². The van der Waals surface area contributed by atoms with Crippen molar-refractivity contribution in [3.05, 3.63) is 23.9 Å². The lowest BCUT2D eigenvalue weighted by molar-refractivity contribution is -0.128. The molecular weight excluding hydrogens is 434 g/mol. The Hall–Kier alpha value is -1.64. The second kappa shape index (κ2) is 10.0. The lowest BCUT2D eigenvalue weighted by Gasteiger charge is -2.57. The van der Waals surface area contributed by atoms with Gasteiger partial charge in [0.15, 0.2) is 0 Å². The fourth-order valence-electron chi connectivity index (χ4n) is 9.31. The quantitative estimate of drug-likeness (QED) is 0.488. The molecule has 0 spiro atoms. The van der Waals surface area contributed by atoms with E-state index in [1.165, 1.54) is 44.9 Å². The highest BCUT2D eigenvalue weighted by Gasteiger charge is 2.58. The Kier molecular flexibility index (Phi) is 7.16. The van der Waals surface area contributed by atoms with Gasteiger partial charge in [-0.05, 0) is 124 Å². The Morgan fingerprint density at radius 2 is 1.94 bits per heavy atom. The number of ether oxygens (including phenoxy) is 1. The highest BCUT2D eigenvalue weighted by molar-refractivity contribution is 5.40. The monoisotopic (exact) mass is 479 g/mol. The maximum atomic E-state index is 11.1. The van der Waals surface area contributed by atoms with Gasteiger partial charge in [-0.15, -0.1) is 0 Å². The Labute approximate surface area is 212 Å². The van der Waals surface area contributed by atoms with Gasteiger partial charge in [0.05, 0.1) is 17.8 Å². The molecule has 2 N–H and O–H groups in total. The van der Waals surface area contributed by atoms with E-state index in [9.17, 15) is 5.11 Å². The normalized spacial score (nSPS) is 41.2. The molecule has 1 aromatic rings. The molecule has 35 heavy (non-hydrogen) atoms. The standard InChI is InChI=1S/C30H45N3O2/c1-4-27(33-28-11-6-20(17-31)18-32-28)26-10-9-25-24-8-7-21-16-30(34,19-35-5-2)15-13-22(21)23(24)12-14-29(25,26)3/h6,11,18,21-27,34H,4-5,7-10,12-16,19H2,1-3H3,(H,32,33)/t21-,22+,23-,24-,25+,26-,27-,29+,30-/m1/s1. The van der Waals surface area contributed by atoms with E-state index in [4.69, 9.17) is 10.00 Å². The molecule has 0 unspecified atom stereocenters. The molecule has 5 heteroatoms. The van der Waals surface area contributed by atoms with Gasteiger partial charge >= 0.3 is 0 Å². The van der Waals surface area contributed by atoms with E-state index in [0.29, 0.717) is 42.1 Å². The average Bonchev–Trinajstić information content (AvgIpc) is 3.23. The highest BCUT2D eigenvalue weighted by Crippen LogP contribution is 2.65. The number of hydrogen-bond acceptors (Lipinski definition) is 5. The summed E-state index contributed by atoms with van der Waals surface area (Å²) >= 11 is 0.